The van der Waals surface area contributed by atoms with Crippen molar-refractivity contribution in [2.24, 2.45) is 5.73 Å². The third-order valence-electron chi connectivity index (χ3n) is 8.80. The monoisotopic (exact) mass is 539 g/mol. The molecule has 2 N–H and O–H groups in total. The van der Waals surface area contributed by atoms with Crippen molar-refractivity contribution in [3.05, 3.63) is 71.8 Å². The van der Waals surface area contributed by atoms with Gasteiger partial charge in [-0.25, -0.2) is 4.79 Å². The van der Waals surface area contributed by atoms with Crippen molar-refractivity contribution >= 4 is 24.6 Å². The minimum atomic E-state index is -1.62. The fraction of sp³-hybridized carbons (Fsp3) is 0.533. The van der Waals surface area contributed by atoms with Crippen LogP contribution in [0.4, 0.5) is 0 Å². The summed E-state index contributed by atoms with van der Waals surface area (Å²) >= 11 is 4.09. The first kappa shape index (κ1) is 27.2. The fourth-order valence-corrected chi connectivity index (χ4v) is 7.22. The zero-order valence-electron chi connectivity index (χ0n) is 22.0. The van der Waals surface area contributed by atoms with Crippen molar-refractivity contribution in [3.63, 3.8) is 0 Å². The maximum atomic E-state index is 14.4. The molecule has 1 spiro atoms. The highest BCUT2D eigenvalue weighted by molar-refractivity contribution is 7.80. The van der Waals surface area contributed by atoms with Crippen molar-refractivity contribution in [3.8, 4) is 0 Å². The molecule has 38 heavy (non-hydrogen) atoms. The lowest BCUT2D eigenvalue weighted by atomic mass is 9.85. The molecule has 3 heterocycles. The number of benzene rings is 2. The van der Waals surface area contributed by atoms with Gasteiger partial charge in [-0.2, -0.15) is 12.6 Å². The average molecular weight is 540 g/mol. The molecule has 2 unspecified atom stereocenters. The van der Waals surface area contributed by atoms with Gasteiger partial charge < -0.3 is 24.4 Å². The largest absolute Gasteiger partial charge is 0.459 e. The number of esters is 2. The van der Waals surface area contributed by atoms with E-state index in [0.717, 1.165) is 12.8 Å². The topological polar surface area (TPSA) is 87.9 Å². The molecular formula is C30H39N2O5S+. The van der Waals surface area contributed by atoms with Gasteiger partial charge in [0.25, 0.3) is 0 Å². The molecule has 3 aliphatic rings. The number of ether oxygens (including phenoxy) is 3. The van der Waals surface area contributed by atoms with Crippen LogP contribution < -0.4 is 5.73 Å². The zero-order valence-corrected chi connectivity index (χ0v) is 22.9. The first-order valence-corrected chi connectivity index (χ1v) is 14.5. The van der Waals surface area contributed by atoms with Crippen LogP contribution in [0.1, 0.15) is 56.6 Å². The molecule has 8 heteroatoms. The van der Waals surface area contributed by atoms with E-state index >= 15 is 0 Å². The van der Waals surface area contributed by atoms with E-state index in [1.54, 1.807) is 6.92 Å². The quantitative estimate of drug-likeness (QED) is 0.217. The molecule has 0 radical (unpaired) electrons. The van der Waals surface area contributed by atoms with Gasteiger partial charge in [0.1, 0.15) is 12.1 Å². The van der Waals surface area contributed by atoms with E-state index in [1.165, 1.54) is 43.3 Å². The molecule has 7 nitrogen and oxygen atoms in total. The summed E-state index contributed by atoms with van der Waals surface area (Å²) in [6, 6.07) is 18.8. The molecule has 2 bridgehead atoms. The molecule has 204 valence electrons. The number of thiol groups is 1. The van der Waals surface area contributed by atoms with Gasteiger partial charge in [0, 0.05) is 44.3 Å². The van der Waals surface area contributed by atoms with Gasteiger partial charge in [0.05, 0.1) is 25.2 Å². The number of rotatable bonds is 9. The van der Waals surface area contributed by atoms with Gasteiger partial charge in [-0.05, 0) is 18.1 Å². The van der Waals surface area contributed by atoms with E-state index in [0.29, 0.717) is 23.2 Å². The smallest absolute Gasteiger partial charge is 0.348 e. The summed E-state index contributed by atoms with van der Waals surface area (Å²) in [6.45, 7) is 4.11. The van der Waals surface area contributed by atoms with Crippen LogP contribution in [0.3, 0.4) is 0 Å². The van der Waals surface area contributed by atoms with Crippen LogP contribution in [0.15, 0.2) is 60.7 Å². The minimum Gasteiger partial charge on any atom is -0.459 e. The van der Waals surface area contributed by atoms with Crippen LogP contribution in [-0.2, 0) is 29.4 Å². The van der Waals surface area contributed by atoms with Gasteiger partial charge in [0.15, 0.2) is 0 Å². The number of carbonyl (C=O) groups excluding carboxylic acids is 2. The van der Waals surface area contributed by atoms with Crippen molar-refractivity contribution in [1.29, 1.82) is 0 Å². The highest BCUT2D eigenvalue weighted by Crippen LogP contribution is 2.47. The Morgan fingerprint density at radius 2 is 1.50 bits per heavy atom. The summed E-state index contributed by atoms with van der Waals surface area (Å²) < 4.78 is 19.5. The molecule has 0 aromatic heterocycles. The summed E-state index contributed by atoms with van der Waals surface area (Å²) in [4.78, 5) is 26.8. The Hall–Kier alpha value is -2.39. The second kappa shape index (κ2) is 11.4. The lowest BCUT2D eigenvalue weighted by molar-refractivity contribution is -0.956. The van der Waals surface area contributed by atoms with Gasteiger partial charge in [-0.15, -0.1) is 0 Å². The predicted molar refractivity (Wildman–Crippen MR) is 147 cm³/mol. The minimum absolute atomic E-state index is 0.139. The van der Waals surface area contributed by atoms with Crippen molar-refractivity contribution < 1.29 is 28.3 Å². The molecule has 2 aromatic carbocycles. The number of quaternary nitrogens is 1. The Morgan fingerprint density at radius 3 is 2.00 bits per heavy atom. The maximum absolute atomic E-state index is 14.4. The third-order valence-corrected chi connectivity index (χ3v) is 9.20. The second-order valence-corrected chi connectivity index (χ2v) is 11.3. The van der Waals surface area contributed by atoms with E-state index < -0.39 is 29.9 Å². The second-order valence-electron chi connectivity index (χ2n) is 11.0. The summed E-state index contributed by atoms with van der Waals surface area (Å²) in [5.74, 6) is -0.991. The molecule has 3 aliphatic heterocycles. The normalized spacial score (nSPS) is 25.6. The van der Waals surface area contributed by atoms with Crippen LogP contribution in [0.5, 0.6) is 0 Å². The van der Waals surface area contributed by atoms with Crippen LogP contribution in [0.25, 0.3) is 0 Å². The number of carbonyl (C=O) groups is 2. The Bertz CT molecular complexity index is 1050. The number of nitrogens with two attached hydrogens (primary N) is 1. The Balaban J connectivity index is 1.46. The Morgan fingerprint density at radius 1 is 0.974 bits per heavy atom. The van der Waals surface area contributed by atoms with E-state index in [2.05, 4.69) is 12.6 Å². The molecule has 0 saturated carbocycles. The first-order chi connectivity index (χ1) is 18.4. The fourth-order valence-electron chi connectivity index (χ4n) is 7.07. The van der Waals surface area contributed by atoms with Gasteiger partial charge in [-0.1, -0.05) is 60.7 Å². The SMILES string of the molecule is C[C@@H](OC(=O)[C@@H](N)CS)OC(C(=O)OC1CC2CCC(C1)[N+]21CCCC1)(c1ccccc1)c1ccccc1. The lowest BCUT2D eigenvalue weighted by Gasteiger charge is -2.47. The highest BCUT2D eigenvalue weighted by atomic mass is 32.1. The van der Waals surface area contributed by atoms with Gasteiger partial charge in [-0.3, -0.25) is 4.79 Å². The van der Waals surface area contributed by atoms with E-state index in [1.807, 2.05) is 60.7 Å². The highest BCUT2D eigenvalue weighted by Gasteiger charge is 2.57. The molecular weight excluding hydrogens is 500 g/mol. The lowest BCUT2D eigenvalue weighted by Crippen LogP contribution is -2.60. The summed E-state index contributed by atoms with van der Waals surface area (Å²) in [5, 5.41) is 0. The number of nitrogens with zero attached hydrogens (tertiary/aromatic N) is 1. The number of hydrogen-bond acceptors (Lipinski definition) is 7. The summed E-state index contributed by atoms with van der Waals surface area (Å²) in [7, 11) is 0. The molecule has 3 saturated heterocycles. The number of hydrogen-bond donors (Lipinski definition) is 2. The summed E-state index contributed by atoms with van der Waals surface area (Å²) in [6.07, 6.45) is 5.52. The van der Waals surface area contributed by atoms with Crippen LogP contribution >= 0.6 is 12.6 Å². The van der Waals surface area contributed by atoms with Crippen LogP contribution in [0, 0.1) is 0 Å². The van der Waals surface area contributed by atoms with Crippen LogP contribution in [0.2, 0.25) is 0 Å². The zero-order chi connectivity index (χ0) is 26.8. The molecule has 0 amide bonds. The van der Waals surface area contributed by atoms with Crippen molar-refractivity contribution in [2.75, 3.05) is 18.8 Å². The molecule has 4 atom stereocenters. The van der Waals surface area contributed by atoms with Gasteiger partial charge >= 0.3 is 11.9 Å². The molecule has 0 aliphatic carbocycles. The molecule has 3 fully saturated rings. The summed E-state index contributed by atoms with van der Waals surface area (Å²) in [5.41, 5.74) is 5.42. The first-order valence-electron chi connectivity index (χ1n) is 13.8. The van der Waals surface area contributed by atoms with E-state index in [9.17, 15) is 9.59 Å². The standard InChI is InChI=1S/C30H38N2O5S/c1-21(35-28(33)27(31)20-38)37-30(22-10-4-2-5-11-22,23-12-6-3-7-13-23)29(34)36-26-18-24-14-15-25(19-26)32(24)16-8-9-17-32/h2-7,10-13,21,24-27H,8-9,14-20,31H2,1H3/p+1/t21-,24?,25?,26?,27-/m0/s1. The average Bonchev–Trinajstić information content (AvgIpc) is 3.48. The van der Waals surface area contributed by atoms with Gasteiger partial charge in [0.2, 0.25) is 11.9 Å². The van der Waals surface area contributed by atoms with Crippen molar-refractivity contribution in [2.45, 2.75) is 81.6 Å². The van der Waals surface area contributed by atoms with E-state index in [4.69, 9.17) is 19.9 Å². The molecule has 2 aromatic rings. The Labute approximate surface area is 230 Å². The van der Waals surface area contributed by atoms with Crippen LogP contribution in [-0.4, -0.2) is 65.8 Å². The third kappa shape index (κ3) is 4.99. The predicted octanol–water partition coefficient (Wildman–Crippen LogP) is 3.94. The molecule has 5 rings (SSSR count). The maximum Gasteiger partial charge on any atom is 0.348 e. The van der Waals surface area contributed by atoms with E-state index in [-0.39, 0.29) is 11.9 Å². The Kier molecular flexibility index (Phi) is 8.14. The number of piperidine rings is 1. The van der Waals surface area contributed by atoms with Crippen molar-refractivity contribution in [1.82, 2.24) is 0 Å².